The summed E-state index contributed by atoms with van der Waals surface area (Å²) in [5.74, 6) is -2.49. The largest absolute Gasteiger partial charge is 0.506 e. The first-order valence-electron chi connectivity index (χ1n) is 13.2. The maximum absolute atomic E-state index is 14.6. The van der Waals surface area contributed by atoms with Gasteiger partial charge >= 0.3 is 6.18 Å². The Kier molecular flexibility index (Phi) is 6.27. The third-order valence-corrected chi connectivity index (χ3v) is 7.99. The molecule has 1 aliphatic carbocycles. The molecule has 214 valence electrons. The number of carbonyl (C=O) groups excluding carboxylic acids is 2. The fraction of sp³-hybridized carbons (Fsp3) is 0.357. The van der Waals surface area contributed by atoms with Crippen LogP contribution in [0.5, 0.6) is 5.75 Å². The number of benzene rings is 1. The predicted molar refractivity (Wildman–Crippen MR) is 139 cm³/mol. The van der Waals surface area contributed by atoms with Gasteiger partial charge in [-0.3, -0.25) is 9.59 Å². The fourth-order valence-corrected chi connectivity index (χ4v) is 5.78. The predicted octanol–water partition coefficient (Wildman–Crippen LogP) is 3.90. The molecule has 41 heavy (non-hydrogen) atoms. The highest BCUT2D eigenvalue weighted by atomic mass is 19.4. The van der Waals surface area contributed by atoms with Crippen molar-refractivity contribution in [3.05, 3.63) is 76.6 Å². The van der Waals surface area contributed by atoms with Crippen molar-refractivity contribution < 1.29 is 32.3 Å². The van der Waals surface area contributed by atoms with Crippen molar-refractivity contribution in [3.8, 4) is 11.4 Å². The molecule has 6 rings (SSSR count). The quantitative estimate of drug-likeness (QED) is 0.363. The number of aromatic hydroxyl groups is 1. The van der Waals surface area contributed by atoms with E-state index in [1.807, 2.05) is 12.1 Å². The average molecular weight is 571 g/mol. The Morgan fingerprint density at radius 1 is 1.17 bits per heavy atom. The normalized spacial score (nSPS) is 18.6. The lowest BCUT2D eigenvalue weighted by atomic mass is 9.94. The van der Waals surface area contributed by atoms with Crippen molar-refractivity contribution >= 4 is 17.5 Å². The number of rotatable bonds is 4. The number of amides is 2. The van der Waals surface area contributed by atoms with E-state index in [2.05, 4.69) is 11.6 Å². The molecule has 3 aromatic rings. The maximum atomic E-state index is 14.6. The molecule has 3 aliphatic rings. The van der Waals surface area contributed by atoms with Gasteiger partial charge in [-0.25, -0.2) is 14.1 Å². The summed E-state index contributed by atoms with van der Waals surface area (Å²) >= 11 is 0. The SMILES string of the molecule is C=CC(=O)N1CCc2nn(-c3ccc(C4CC4)cc3O)c3c2[C@H](C1)N(C(=O)c1cnc(C(F)(F)F)c(F)c1N)CC3. The van der Waals surface area contributed by atoms with Crippen molar-refractivity contribution in [1.29, 1.82) is 0 Å². The van der Waals surface area contributed by atoms with E-state index in [0.717, 1.165) is 30.2 Å². The number of alkyl halides is 3. The molecule has 1 atom stereocenters. The van der Waals surface area contributed by atoms with Crippen LogP contribution in [0.2, 0.25) is 0 Å². The molecular weight excluding hydrogens is 544 g/mol. The van der Waals surface area contributed by atoms with E-state index in [-0.39, 0.29) is 37.7 Å². The molecule has 0 radical (unpaired) electrons. The molecule has 1 aromatic carbocycles. The summed E-state index contributed by atoms with van der Waals surface area (Å²) in [7, 11) is 0. The van der Waals surface area contributed by atoms with Gasteiger partial charge in [-0.05, 0) is 42.5 Å². The maximum Gasteiger partial charge on any atom is 0.436 e. The molecule has 0 bridgehead atoms. The van der Waals surface area contributed by atoms with E-state index >= 15 is 0 Å². The third kappa shape index (κ3) is 4.49. The van der Waals surface area contributed by atoms with Gasteiger partial charge in [0.1, 0.15) is 11.4 Å². The van der Waals surface area contributed by atoms with E-state index in [4.69, 9.17) is 10.8 Å². The number of phenolic OH excluding ortho intramolecular Hbond substituents is 1. The molecule has 2 amide bonds. The van der Waals surface area contributed by atoms with Gasteiger partial charge in [0.25, 0.3) is 5.91 Å². The number of aromatic nitrogens is 3. The van der Waals surface area contributed by atoms with Crippen LogP contribution >= 0.6 is 0 Å². The van der Waals surface area contributed by atoms with Gasteiger partial charge < -0.3 is 20.6 Å². The molecule has 0 saturated heterocycles. The average Bonchev–Trinajstić information content (AvgIpc) is 3.74. The number of hydrogen-bond acceptors (Lipinski definition) is 6. The Morgan fingerprint density at radius 2 is 1.93 bits per heavy atom. The number of hydrogen-bond donors (Lipinski definition) is 2. The van der Waals surface area contributed by atoms with Crippen LogP contribution in [0.4, 0.5) is 23.2 Å². The van der Waals surface area contributed by atoms with Gasteiger partial charge in [-0.15, -0.1) is 0 Å². The van der Waals surface area contributed by atoms with Gasteiger partial charge in [-0.1, -0.05) is 12.6 Å². The lowest BCUT2D eigenvalue weighted by Crippen LogP contribution is -2.46. The monoisotopic (exact) mass is 570 g/mol. The van der Waals surface area contributed by atoms with Crippen LogP contribution in [-0.2, 0) is 23.8 Å². The number of halogens is 4. The molecule has 4 heterocycles. The highest BCUT2D eigenvalue weighted by Crippen LogP contribution is 2.43. The molecule has 1 fully saturated rings. The van der Waals surface area contributed by atoms with Crippen molar-refractivity contribution in [2.45, 2.75) is 43.8 Å². The van der Waals surface area contributed by atoms with Crippen molar-refractivity contribution in [1.82, 2.24) is 24.6 Å². The molecule has 3 N–H and O–H groups in total. The summed E-state index contributed by atoms with van der Waals surface area (Å²) < 4.78 is 55.7. The Bertz CT molecular complexity index is 1600. The molecule has 0 spiro atoms. The fourth-order valence-electron chi connectivity index (χ4n) is 5.78. The van der Waals surface area contributed by atoms with Gasteiger partial charge in [0.05, 0.1) is 28.7 Å². The van der Waals surface area contributed by atoms with Crippen LogP contribution in [-0.4, -0.2) is 61.1 Å². The second-order valence-corrected chi connectivity index (χ2v) is 10.5. The number of carbonyl (C=O) groups is 2. The Morgan fingerprint density at radius 3 is 2.59 bits per heavy atom. The van der Waals surface area contributed by atoms with Gasteiger partial charge in [0.15, 0.2) is 11.5 Å². The lowest BCUT2D eigenvalue weighted by molar-refractivity contribution is -0.143. The van der Waals surface area contributed by atoms with Gasteiger partial charge in [-0.2, -0.15) is 18.3 Å². The number of pyridine rings is 1. The first-order chi connectivity index (χ1) is 19.5. The molecule has 1 saturated carbocycles. The molecule has 0 unspecified atom stereocenters. The topological polar surface area (TPSA) is 118 Å². The highest BCUT2D eigenvalue weighted by Gasteiger charge is 2.42. The first-order valence-corrected chi connectivity index (χ1v) is 13.2. The van der Waals surface area contributed by atoms with E-state index in [1.165, 1.54) is 9.80 Å². The summed E-state index contributed by atoms with van der Waals surface area (Å²) in [5, 5.41) is 15.7. The summed E-state index contributed by atoms with van der Waals surface area (Å²) in [5.41, 5.74) is 5.98. The molecule has 2 aliphatic heterocycles. The zero-order valence-electron chi connectivity index (χ0n) is 21.8. The van der Waals surface area contributed by atoms with Crippen molar-refractivity contribution in [3.63, 3.8) is 0 Å². The van der Waals surface area contributed by atoms with Crippen LogP contribution in [0, 0.1) is 5.82 Å². The summed E-state index contributed by atoms with van der Waals surface area (Å²) in [6.45, 7) is 3.94. The Labute approximate surface area is 231 Å². The smallest absolute Gasteiger partial charge is 0.436 e. The van der Waals surface area contributed by atoms with E-state index in [9.17, 15) is 32.3 Å². The Balaban J connectivity index is 1.42. The van der Waals surface area contributed by atoms with Gasteiger partial charge in [0, 0.05) is 44.2 Å². The zero-order chi connectivity index (χ0) is 29.2. The molecule has 2 aromatic heterocycles. The second-order valence-electron chi connectivity index (χ2n) is 10.5. The molecule has 9 nitrogen and oxygen atoms in total. The summed E-state index contributed by atoms with van der Waals surface area (Å²) in [6, 6.07) is 4.74. The number of anilines is 1. The van der Waals surface area contributed by atoms with Crippen LogP contribution in [0.3, 0.4) is 0 Å². The summed E-state index contributed by atoms with van der Waals surface area (Å²) in [4.78, 5) is 32.4. The number of nitrogens with two attached hydrogens (primary N) is 1. The van der Waals surface area contributed by atoms with Crippen LogP contribution < -0.4 is 5.73 Å². The number of nitrogen functional groups attached to an aromatic ring is 1. The second kappa shape index (κ2) is 9.60. The van der Waals surface area contributed by atoms with Crippen LogP contribution in [0.1, 0.15) is 63.4 Å². The van der Waals surface area contributed by atoms with Gasteiger partial charge in [0.2, 0.25) is 5.91 Å². The lowest BCUT2D eigenvalue weighted by Gasteiger charge is -2.38. The standard InChI is InChI=1S/C28H26F4N6O3/c1-2-22(40)36-9-7-17-23-19(38(35-17)18-6-5-15(11-21(18)39)14-3-4-14)8-10-37(20(23)13-36)27(41)16-12-34-26(28(30,31)32)24(29)25(16)33/h2,5-6,11-12,14,20,39H,1,3-4,7-10,13H2,(H2,33,34)/t20-/m0/s1. The number of phenols is 1. The van der Waals surface area contributed by atoms with Crippen molar-refractivity contribution in [2.24, 2.45) is 0 Å². The van der Waals surface area contributed by atoms with E-state index < -0.39 is 40.9 Å². The summed E-state index contributed by atoms with van der Waals surface area (Å²) in [6.07, 6.45) is -0.507. The molecular formula is C28H26F4N6O3. The molecule has 13 heteroatoms. The first kappa shape index (κ1) is 26.8. The highest BCUT2D eigenvalue weighted by molar-refractivity contribution is 5.99. The van der Waals surface area contributed by atoms with Crippen LogP contribution in [0.25, 0.3) is 5.69 Å². The zero-order valence-corrected chi connectivity index (χ0v) is 21.8. The van der Waals surface area contributed by atoms with Crippen molar-refractivity contribution in [2.75, 3.05) is 25.4 Å². The minimum absolute atomic E-state index is 0.0470. The minimum Gasteiger partial charge on any atom is -0.506 e. The Hall–Kier alpha value is -4.42. The third-order valence-electron chi connectivity index (χ3n) is 7.99. The minimum atomic E-state index is -5.08. The van der Waals surface area contributed by atoms with Crippen LogP contribution in [0.15, 0.2) is 37.1 Å². The van der Waals surface area contributed by atoms with E-state index in [0.29, 0.717) is 35.5 Å². The number of nitrogens with zero attached hydrogens (tertiary/aromatic N) is 5. The van der Waals surface area contributed by atoms with E-state index in [1.54, 1.807) is 10.7 Å².